The van der Waals surface area contributed by atoms with Gasteiger partial charge in [-0.15, -0.1) is 0 Å². The number of amidine groups is 1. The SMILES string of the molecule is CC(N)=NCCC(F)CC(N)C(=O)O.CF. The maximum atomic E-state index is 13.0. The minimum Gasteiger partial charge on any atom is -0.480 e. The molecule has 0 bridgehead atoms. The van der Waals surface area contributed by atoms with Gasteiger partial charge in [-0.05, 0) is 13.3 Å². The van der Waals surface area contributed by atoms with E-state index >= 15 is 0 Å². The van der Waals surface area contributed by atoms with Crippen LogP contribution in [0.25, 0.3) is 0 Å². The summed E-state index contributed by atoms with van der Waals surface area (Å²) in [5.74, 6) is -0.800. The Morgan fingerprint density at radius 2 is 2.00 bits per heavy atom. The largest absolute Gasteiger partial charge is 0.480 e. The van der Waals surface area contributed by atoms with Crippen LogP contribution in [0.3, 0.4) is 0 Å². The molecule has 0 aliphatic carbocycles. The van der Waals surface area contributed by atoms with Gasteiger partial charge in [-0.2, -0.15) is 0 Å². The number of alkyl halides is 2. The van der Waals surface area contributed by atoms with Gasteiger partial charge < -0.3 is 16.6 Å². The van der Waals surface area contributed by atoms with E-state index in [9.17, 15) is 13.6 Å². The molecule has 0 aromatic heterocycles. The summed E-state index contributed by atoms with van der Waals surface area (Å²) >= 11 is 0. The van der Waals surface area contributed by atoms with E-state index in [1.807, 2.05) is 0 Å². The number of carboxylic acid groups (broad SMARTS) is 1. The lowest BCUT2D eigenvalue weighted by atomic mass is 10.1. The van der Waals surface area contributed by atoms with Crippen LogP contribution in [0.2, 0.25) is 0 Å². The molecule has 7 heteroatoms. The summed E-state index contributed by atoms with van der Waals surface area (Å²) in [6.45, 7) is 1.87. The van der Waals surface area contributed by atoms with Crippen molar-refractivity contribution in [1.82, 2.24) is 0 Å². The van der Waals surface area contributed by atoms with E-state index in [1.54, 1.807) is 6.92 Å². The first kappa shape index (κ1) is 17.2. The summed E-state index contributed by atoms with van der Waals surface area (Å²) < 4.78 is 22.5. The second kappa shape index (κ2) is 10.3. The van der Waals surface area contributed by atoms with Crippen molar-refractivity contribution in [3.63, 3.8) is 0 Å². The Morgan fingerprint density at radius 3 is 2.38 bits per heavy atom. The molecule has 0 rings (SSSR count). The first-order valence-electron chi connectivity index (χ1n) is 4.70. The summed E-state index contributed by atoms with van der Waals surface area (Å²) in [5, 5.41) is 8.41. The van der Waals surface area contributed by atoms with E-state index in [-0.39, 0.29) is 19.4 Å². The summed E-state index contributed by atoms with van der Waals surface area (Å²) in [7, 11) is 0.500. The summed E-state index contributed by atoms with van der Waals surface area (Å²) in [5.41, 5.74) is 10.4. The molecule has 0 radical (unpaired) electrons. The van der Waals surface area contributed by atoms with Gasteiger partial charge in [0.25, 0.3) is 0 Å². The van der Waals surface area contributed by atoms with Gasteiger partial charge in [0.05, 0.1) is 13.0 Å². The highest BCUT2D eigenvalue weighted by Crippen LogP contribution is 2.06. The Morgan fingerprint density at radius 1 is 1.50 bits per heavy atom. The smallest absolute Gasteiger partial charge is 0.320 e. The molecule has 2 unspecified atom stereocenters. The standard InChI is InChI=1S/C8H16FN3O2.CH3F/c1-5(10)12-3-2-6(9)4-7(11)8(13)14;1-2/h6-7H,2-4,11H2,1H3,(H2,10,12)(H,13,14);1H3. The van der Waals surface area contributed by atoms with Crippen LogP contribution < -0.4 is 11.5 Å². The van der Waals surface area contributed by atoms with E-state index in [0.717, 1.165) is 0 Å². The second-order valence-corrected chi connectivity index (χ2v) is 3.09. The predicted molar refractivity (Wildman–Crippen MR) is 58.9 cm³/mol. The van der Waals surface area contributed by atoms with Gasteiger partial charge in [0.1, 0.15) is 12.2 Å². The zero-order chi connectivity index (χ0) is 13.1. The van der Waals surface area contributed by atoms with E-state index < -0.39 is 18.2 Å². The average Bonchev–Trinajstić information content (AvgIpc) is 2.19. The fraction of sp³-hybridized carbons (Fsp3) is 0.778. The number of aliphatic carboxylic acids is 1. The topological polar surface area (TPSA) is 102 Å². The van der Waals surface area contributed by atoms with E-state index in [0.29, 0.717) is 13.0 Å². The van der Waals surface area contributed by atoms with Gasteiger partial charge >= 0.3 is 5.97 Å². The van der Waals surface area contributed by atoms with Crippen LogP contribution in [-0.2, 0) is 4.79 Å². The Balaban J connectivity index is 0. The van der Waals surface area contributed by atoms with Crippen LogP contribution in [0.15, 0.2) is 4.99 Å². The van der Waals surface area contributed by atoms with Crippen molar-refractivity contribution in [2.75, 3.05) is 13.7 Å². The van der Waals surface area contributed by atoms with Crippen molar-refractivity contribution >= 4 is 11.8 Å². The van der Waals surface area contributed by atoms with Crippen LogP contribution in [0.4, 0.5) is 8.78 Å². The fourth-order valence-corrected chi connectivity index (χ4v) is 0.875. The lowest BCUT2D eigenvalue weighted by molar-refractivity contribution is -0.139. The molecular weight excluding hydrogens is 220 g/mol. The molecule has 0 aliphatic heterocycles. The predicted octanol–water partition coefficient (Wildman–Crippen LogP) is 0.479. The van der Waals surface area contributed by atoms with Crippen LogP contribution in [0, 0.1) is 0 Å². The third-order valence-corrected chi connectivity index (χ3v) is 1.63. The third-order valence-electron chi connectivity index (χ3n) is 1.63. The molecule has 96 valence electrons. The van der Waals surface area contributed by atoms with E-state index in [2.05, 4.69) is 4.99 Å². The van der Waals surface area contributed by atoms with Crippen molar-refractivity contribution in [2.24, 2.45) is 16.5 Å². The van der Waals surface area contributed by atoms with Gasteiger partial charge in [-0.25, -0.2) is 4.39 Å². The Kier molecular flexibility index (Phi) is 11.0. The van der Waals surface area contributed by atoms with Crippen LogP contribution in [0.5, 0.6) is 0 Å². The molecule has 0 aromatic carbocycles. The van der Waals surface area contributed by atoms with Gasteiger partial charge in [0, 0.05) is 13.0 Å². The zero-order valence-corrected chi connectivity index (χ0v) is 9.49. The molecule has 0 amide bonds. The molecule has 0 saturated heterocycles. The molecule has 16 heavy (non-hydrogen) atoms. The highest BCUT2D eigenvalue weighted by Gasteiger charge is 2.17. The first-order chi connectivity index (χ1) is 7.43. The second-order valence-electron chi connectivity index (χ2n) is 3.09. The lowest BCUT2D eigenvalue weighted by Crippen LogP contribution is -2.33. The number of aliphatic imine (C=N–C) groups is 1. The summed E-state index contributed by atoms with van der Waals surface area (Å²) in [6.07, 6.45) is -1.28. The minimum atomic E-state index is -1.25. The molecule has 0 aromatic rings. The number of nitrogens with two attached hydrogens (primary N) is 2. The van der Waals surface area contributed by atoms with Crippen molar-refractivity contribution in [3.8, 4) is 0 Å². The number of carboxylic acids is 1. The Hall–Kier alpha value is -1.24. The quantitative estimate of drug-likeness (QED) is 0.463. The third kappa shape index (κ3) is 10.8. The molecule has 0 fully saturated rings. The molecule has 0 saturated carbocycles. The number of carbonyl (C=O) groups is 1. The molecule has 0 spiro atoms. The molecule has 2 atom stereocenters. The monoisotopic (exact) mass is 239 g/mol. The van der Waals surface area contributed by atoms with Crippen molar-refractivity contribution in [1.29, 1.82) is 0 Å². The van der Waals surface area contributed by atoms with Gasteiger partial charge in [0.15, 0.2) is 0 Å². The highest BCUT2D eigenvalue weighted by atomic mass is 19.1. The van der Waals surface area contributed by atoms with Gasteiger partial charge in [0.2, 0.25) is 0 Å². The number of rotatable bonds is 6. The van der Waals surface area contributed by atoms with Crippen molar-refractivity contribution in [2.45, 2.75) is 32.0 Å². The van der Waals surface area contributed by atoms with Crippen LogP contribution in [0.1, 0.15) is 19.8 Å². The first-order valence-corrected chi connectivity index (χ1v) is 4.70. The Bertz CT molecular complexity index is 221. The molecule has 0 heterocycles. The molecular formula is C9H19F2N3O2. The number of nitrogens with zero attached hydrogens (tertiary/aromatic N) is 1. The van der Waals surface area contributed by atoms with E-state index in [1.165, 1.54) is 0 Å². The zero-order valence-electron chi connectivity index (χ0n) is 9.49. The number of hydrogen-bond donors (Lipinski definition) is 3. The Labute approximate surface area is 93.5 Å². The lowest BCUT2D eigenvalue weighted by Gasteiger charge is -2.09. The maximum Gasteiger partial charge on any atom is 0.320 e. The number of halogens is 2. The van der Waals surface area contributed by atoms with Crippen molar-refractivity contribution < 1.29 is 18.7 Å². The molecule has 5 nitrogen and oxygen atoms in total. The summed E-state index contributed by atoms with van der Waals surface area (Å²) in [4.78, 5) is 14.1. The minimum absolute atomic E-state index is 0.148. The average molecular weight is 239 g/mol. The van der Waals surface area contributed by atoms with E-state index in [4.69, 9.17) is 16.6 Å². The fourth-order valence-electron chi connectivity index (χ4n) is 0.875. The summed E-state index contributed by atoms with van der Waals surface area (Å²) in [6, 6.07) is -1.15. The van der Waals surface area contributed by atoms with Gasteiger partial charge in [-0.3, -0.25) is 14.2 Å². The molecule has 5 N–H and O–H groups in total. The van der Waals surface area contributed by atoms with Crippen LogP contribution in [-0.4, -0.2) is 42.8 Å². The molecule has 0 aliphatic rings. The van der Waals surface area contributed by atoms with Crippen molar-refractivity contribution in [3.05, 3.63) is 0 Å². The number of hydrogen-bond acceptors (Lipinski definition) is 3. The highest BCUT2D eigenvalue weighted by molar-refractivity contribution is 5.77. The normalized spacial score (nSPS) is 14.7. The maximum absolute atomic E-state index is 13.0. The van der Waals surface area contributed by atoms with Gasteiger partial charge in [-0.1, -0.05) is 0 Å². The van der Waals surface area contributed by atoms with Crippen LogP contribution >= 0.6 is 0 Å².